The van der Waals surface area contributed by atoms with Crippen LogP contribution < -0.4 is 0 Å². The van der Waals surface area contributed by atoms with Crippen LogP contribution in [-0.4, -0.2) is 19.9 Å². The summed E-state index contributed by atoms with van der Waals surface area (Å²) in [6, 6.07) is 66.0. The lowest BCUT2D eigenvalue weighted by Gasteiger charge is -2.41. The SMILES string of the molecule is C1=CN2C(=NC2n2c3ccccc3c3cc(-c4ccc5c(c4)c4ccccc4n5-c4ccccc4)ccc32)C(c2ccc(-c3ccc4ccccc4c3)cc2)=C1. The Hall–Kier alpha value is -7.43. The second kappa shape index (κ2) is 12.0. The average Bonchev–Trinajstić information content (AvgIpc) is 3.76. The molecule has 10 aromatic rings. The predicted molar refractivity (Wildman–Crippen MR) is 234 cm³/mol. The Morgan fingerprint density at radius 3 is 1.77 bits per heavy atom. The van der Waals surface area contributed by atoms with Gasteiger partial charge in [-0.1, -0.05) is 127 Å². The smallest absolute Gasteiger partial charge is 0.210 e. The van der Waals surface area contributed by atoms with Gasteiger partial charge in [0.25, 0.3) is 0 Å². The number of hydrogen-bond acceptors (Lipinski definition) is 2. The van der Waals surface area contributed by atoms with Crippen molar-refractivity contribution in [3.05, 3.63) is 206 Å². The Balaban J connectivity index is 0.908. The van der Waals surface area contributed by atoms with Gasteiger partial charge in [-0.2, -0.15) is 0 Å². The van der Waals surface area contributed by atoms with E-state index in [0.717, 1.165) is 17.0 Å². The molecule has 8 aromatic carbocycles. The molecule has 0 radical (unpaired) electrons. The lowest BCUT2D eigenvalue weighted by atomic mass is 9.96. The largest absolute Gasteiger partial charge is 0.309 e. The number of aliphatic imine (C=N–C) groups is 1. The summed E-state index contributed by atoms with van der Waals surface area (Å²) in [6.07, 6.45) is 6.32. The molecule has 0 saturated carbocycles. The normalized spacial score (nSPS) is 15.1. The molecule has 1 atom stereocenters. The molecule has 0 bridgehead atoms. The van der Waals surface area contributed by atoms with E-state index in [-0.39, 0.29) is 6.29 Å². The van der Waals surface area contributed by atoms with Crippen LogP contribution in [-0.2, 0) is 0 Å². The van der Waals surface area contributed by atoms with Crippen molar-refractivity contribution in [3.8, 4) is 27.9 Å². The molecule has 0 aliphatic carbocycles. The van der Waals surface area contributed by atoms with Crippen molar-refractivity contribution in [2.24, 2.45) is 4.99 Å². The Labute approximate surface area is 323 Å². The summed E-state index contributed by atoms with van der Waals surface area (Å²) in [5.41, 5.74) is 13.1. The second-order valence-corrected chi connectivity index (χ2v) is 14.8. The third kappa shape index (κ3) is 4.63. The number of amidine groups is 1. The number of rotatable bonds is 5. The molecular formula is C52H34N4. The van der Waals surface area contributed by atoms with E-state index in [1.54, 1.807) is 0 Å². The van der Waals surface area contributed by atoms with Crippen LogP contribution in [0.15, 0.2) is 205 Å². The monoisotopic (exact) mass is 714 g/mol. The van der Waals surface area contributed by atoms with Gasteiger partial charge >= 0.3 is 0 Å². The highest BCUT2D eigenvalue weighted by Gasteiger charge is 2.36. The zero-order valence-electron chi connectivity index (χ0n) is 30.4. The van der Waals surface area contributed by atoms with Crippen molar-refractivity contribution in [1.82, 2.24) is 14.0 Å². The van der Waals surface area contributed by atoms with E-state index in [9.17, 15) is 0 Å². The summed E-state index contributed by atoms with van der Waals surface area (Å²) >= 11 is 0. The Morgan fingerprint density at radius 2 is 0.964 bits per heavy atom. The van der Waals surface area contributed by atoms with E-state index in [0.29, 0.717) is 0 Å². The lowest BCUT2D eigenvalue weighted by molar-refractivity contribution is 0.280. The molecule has 0 N–H and O–H groups in total. The molecule has 56 heavy (non-hydrogen) atoms. The number of aromatic nitrogens is 2. The van der Waals surface area contributed by atoms with E-state index in [1.165, 1.54) is 82.3 Å². The molecule has 1 unspecified atom stereocenters. The first-order valence-electron chi connectivity index (χ1n) is 19.2. The van der Waals surface area contributed by atoms with Crippen molar-refractivity contribution in [3.63, 3.8) is 0 Å². The minimum atomic E-state index is -0.171. The molecule has 4 heteroatoms. The summed E-state index contributed by atoms with van der Waals surface area (Å²) in [5, 5.41) is 7.49. The highest BCUT2D eigenvalue weighted by atomic mass is 15.5. The number of nitrogens with zero attached hydrogens (tertiary/aromatic N) is 4. The molecule has 4 nitrogen and oxygen atoms in total. The standard InChI is InChI=1S/C52H34N4/c1-2-13-41(14-3-1)55-47-18-8-6-15-43(47)45-32-39(26-28-49(45)55)40-27-29-50-46(33-40)44-16-7-9-19-48(44)56(50)52-53-51-42(17-10-30-54(51)52)36-23-20-35(21-24-36)38-25-22-34-11-4-5-12-37(34)31-38/h1-33,52H. The van der Waals surface area contributed by atoms with Crippen LogP contribution >= 0.6 is 0 Å². The zero-order chi connectivity index (χ0) is 36.7. The number of benzene rings is 8. The molecule has 2 aliphatic rings. The lowest BCUT2D eigenvalue weighted by Crippen LogP contribution is -2.43. The van der Waals surface area contributed by atoms with Crippen molar-refractivity contribution < 1.29 is 0 Å². The van der Waals surface area contributed by atoms with Gasteiger partial charge in [-0.25, -0.2) is 4.99 Å². The van der Waals surface area contributed by atoms with Gasteiger partial charge in [0.1, 0.15) is 5.84 Å². The van der Waals surface area contributed by atoms with E-state index in [1.807, 2.05) is 0 Å². The fraction of sp³-hybridized carbons (Fsp3) is 0.0192. The maximum atomic E-state index is 5.31. The quantitative estimate of drug-likeness (QED) is 0.174. The van der Waals surface area contributed by atoms with Crippen LogP contribution in [0.25, 0.3) is 87.9 Å². The molecule has 2 aromatic heterocycles. The van der Waals surface area contributed by atoms with Gasteiger partial charge in [0, 0.05) is 39.0 Å². The Bertz CT molecular complexity index is 3300. The van der Waals surface area contributed by atoms with Crippen molar-refractivity contribution in [1.29, 1.82) is 0 Å². The van der Waals surface area contributed by atoms with Gasteiger partial charge < -0.3 is 9.13 Å². The third-order valence-corrected chi connectivity index (χ3v) is 11.7. The highest BCUT2D eigenvalue weighted by Crippen LogP contribution is 2.43. The summed E-state index contributed by atoms with van der Waals surface area (Å²) < 4.78 is 4.76. The van der Waals surface area contributed by atoms with E-state index >= 15 is 0 Å². The molecule has 262 valence electrons. The van der Waals surface area contributed by atoms with Gasteiger partial charge in [0.05, 0.1) is 22.1 Å². The van der Waals surface area contributed by atoms with Gasteiger partial charge in [0.15, 0.2) is 0 Å². The first kappa shape index (κ1) is 31.0. The summed E-state index contributed by atoms with van der Waals surface area (Å²) in [7, 11) is 0. The number of fused-ring (bicyclic) bond motifs is 8. The van der Waals surface area contributed by atoms with Gasteiger partial charge in [-0.05, 0) is 105 Å². The Morgan fingerprint density at radius 1 is 0.411 bits per heavy atom. The summed E-state index contributed by atoms with van der Waals surface area (Å²) in [4.78, 5) is 7.62. The minimum Gasteiger partial charge on any atom is -0.309 e. The van der Waals surface area contributed by atoms with E-state index in [4.69, 9.17) is 4.99 Å². The van der Waals surface area contributed by atoms with Crippen molar-refractivity contribution in [2.75, 3.05) is 0 Å². The first-order chi connectivity index (χ1) is 27.8. The molecule has 0 spiro atoms. The number of allylic oxidation sites excluding steroid dienone is 2. The van der Waals surface area contributed by atoms with Gasteiger partial charge in [-0.15, -0.1) is 0 Å². The number of hydrogen-bond donors (Lipinski definition) is 0. The summed E-state index contributed by atoms with van der Waals surface area (Å²) in [5.74, 6) is 1.00. The van der Waals surface area contributed by atoms with Crippen LogP contribution in [0.3, 0.4) is 0 Å². The molecule has 0 amide bonds. The van der Waals surface area contributed by atoms with E-state index < -0.39 is 0 Å². The molecule has 12 rings (SSSR count). The van der Waals surface area contributed by atoms with Gasteiger partial charge in [-0.3, -0.25) is 4.90 Å². The predicted octanol–water partition coefficient (Wildman–Crippen LogP) is 13.2. The maximum absolute atomic E-state index is 5.31. The first-order valence-corrected chi connectivity index (χ1v) is 19.2. The molecular weight excluding hydrogens is 681 g/mol. The summed E-state index contributed by atoms with van der Waals surface area (Å²) in [6.45, 7) is 0. The van der Waals surface area contributed by atoms with Crippen LogP contribution in [0.4, 0.5) is 0 Å². The van der Waals surface area contributed by atoms with Crippen molar-refractivity contribution >= 4 is 65.8 Å². The topological polar surface area (TPSA) is 25.5 Å². The van der Waals surface area contributed by atoms with Crippen LogP contribution in [0.2, 0.25) is 0 Å². The second-order valence-electron chi connectivity index (χ2n) is 14.8. The minimum absolute atomic E-state index is 0.171. The maximum Gasteiger partial charge on any atom is 0.210 e. The molecule has 0 fully saturated rings. The van der Waals surface area contributed by atoms with Gasteiger partial charge in [0.2, 0.25) is 6.29 Å². The molecule has 0 saturated heterocycles. The van der Waals surface area contributed by atoms with Crippen LogP contribution in [0.5, 0.6) is 0 Å². The fourth-order valence-electron chi connectivity index (χ4n) is 9.01. The highest BCUT2D eigenvalue weighted by molar-refractivity contribution is 6.26. The number of para-hydroxylation sites is 3. The third-order valence-electron chi connectivity index (χ3n) is 11.7. The van der Waals surface area contributed by atoms with Crippen molar-refractivity contribution in [2.45, 2.75) is 6.29 Å². The van der Waals surface area contributed by atoms with Crippen LogP contribution in [0.1, 0.15) is 11.9 Å². The van der Waals surface area contributed by atoms with Crippen LogP contribution in [0, 0.1) is 0 Å². The zero-order valence-corrected chi connectivity index (χ0v) is 30.4. The average molecular weight is 715 g/mol. The fourth-order valence-corrected chi connectivity index (χ4v) is 9.01. The Kier molecular flexibility index (Phi) is 6.66. The molecule has 4 heterocycles. The molecule has 2 aliphatic heterocycles. The van der Waals surface area contributed by atoms with E-state index in [2.05, 4.69) is 214 Å².